The van der Waals surface area contributed by atoms with Gasteiger partial charge in [0.25, 0.3) is 0 Å². The van der Waals surface area contributed by atoms with Gasteiger partial charge in [0.1, 0.15) is 0 Å². The van der Waals surface area contributed by atoms with Gasteiger partial charge in [0.2, 0.25) is 17.6 Å². The first-order chi connectivity index (χ1) is 12.7. The third kappa shape index (κ3) is 3.85. The highest BCUT2D eigenvalue weighted by atomic mass is 79.9. The molecule has 1 unspecified atom stereocenters. The van der Waals surface area contributed by atoms with Gasteiger partial charge in [-0.15, -0.1) is 0 Å². The number of carbonyl (C=O) groups excluding carboxylic acids is 1. The van der Waals surface area contributed by atoms with Gasteiger partial charge in [-0.1, -0.05) is 40.3 Å². The van der Waals surface area contributed by atoms with Gasteiger partial charge >= 0.3 is 0 Å². The van der Waals surface area contributed by atoms with Crippen molar-refractivity contribution in [3.63, 3.8) is 0 Å². The van der Waals surface area contributed by atoms with Crippen LogP contribution in [0.1, 0.15) is 56.8 Å². The number of amides is 1. The highest BCUT2D eigenvalue weighted by molar-refractivity contribution is 9.10. The van der Waals surface area contributed by atoms with Crippen LogP contribution in [0.2, 0.25) is 0 Å². The van der Waals surface area contributed by atoms with Crippen LogP contribution in [0, 0.1) is 5.92 Å². The summed E-state index contributed by atoms with van der Waals surface area (Å²) in [6.07, 6.45) is 7.74. The molecule has 2 fully saturated rings. The lowest BCUT2D eigenvalue weighted by Crippen LogP contribution is -2.42. The molecule has 2 aromatic rings. The zero-order valence-corrected chi connectivity index (χ0v) is 16.5. The van der Waals surface area contributed by atoms with Crippen LogP contribution in [0.25, 0.3) is 11.4 Å². The van der Waals surface area contributed by atoms with Crippen LogP contribution in [0.4, 0.5) is 0 Å². The number of piperidine rings is 1. The van der Waals surface area contributed by atoms with Gasteiger partial charge in [0, 0.05) is 29.0 Å². The highest BCUT2D eigenvalue weighted by Gasteiger charge is 2.32. The van der Waals surface area contributed by atoms with E-state index in [1.165, 1.54) is 19.3 Å². The molecule has 0 bridgehead atoms. The molecule has 1 saturated carbocycles. The zero-order chi connectivity index (χ0) is 17.9. The minimum atomic E-state index is 0.146. The van der Waals surface area contributed by atoms with Crippen molar-refractivity contribution in [3.8, 4) is 11.4 Å². The molecule has 138 valence electrons. The second-order valence-electron chi connectivity index (χ2n) is 7.42. The normalized spacial score (nSPS) is 21.7. The molecule has 1 saturated heterocycles. The first-order valence-corrected chi connectivity index (χ1v) is 10.4. The van der Waals surface area contributed by atoms with Gasteiger partial charge in [0.05, 0.1) is 5.92 Å². The Morgan fingerprint density at radius 1 is 1.08 bits per heavy atom. The molecule has 1 atom stereocenters. The van der Waals surface area contributed by atoms with Gasteiger partial charge in [0.15, 0.2) is 0 Å². The quantitative estimate of drug-likeness (QED) is 0.720. The molecule has 26 heavy (non-hydrogen) atoms. The summed E-state index contributed by atoms with van der Waals surface area (Å²) < 4.78 is 6.57. The Hall–Kier alpha value is -1.69. The number of nitrogens with zero attached hydrogens (tertiary/aromatic N) is 3. The molecule has 4 rings (SSSR count). The molecule has 0 spiro atoms. The third-order valence-corrected chi connectivity index (χ3v) is 6.11. The average Bonchev–Trinajstić information content (AvgIpc) is 3.19. The SMILES string of the molecule is O=C(C1CCCCC1)N1CCCC(c2nc(-c3ccc(Br)cc3)no2)C1. The van der Waals surface area contributed by atoms with E-state index in [-0.39, 0.29) is 11.8 Å². The molecule has 1 amide bonds. The van der Waals surface area contributed by atoms with Crippen LogP contribution in [-0.2, 0) is 4.79 Å². The predicted octanol–water partition coefficient (Wildman–Crippen LogP) is 4.79. The van der Waals surface area contributed by atoms with E-state index in [4.69, 9.17) is 4.52 Å². The second-order valence-corrected chi connectivity index (χ2v) is 8.34. The summed E-state index contributed by atoms with van der Waals surface area (Å²) >= 11 is 3.44. The fourth-order valence-corrected chi connectivity index (χ4v) is 4.37. The number of hydrogen-bond donors (Lipinski definition) is 0. The average molecular weight is 418 g/mol. The van der Waals surface area contributed by atoms with Crippen LogP contribution < -0.4 is 0 Å². The van der Waals surface area contributed by atoms with E-state index in [1.807, 2.05) is 29.2 Å². The maximum Gasteiger partial charge on any atom is 0.231 e. The number of aromatic nitrogens is 2. The summed E-state index contributed by atoms with van der Waals surface area (Å²) in [5.74, 6) is 1.98. The van der Waals surface area contributed by atoms with E-state index < -0.39 is 0 Å². The number of likely N-dealkylation sites (tertiary alicyclic amines) is 1. The van der Waals surface area contributed by atoms with E-state index in [0.29, 0.717) is 24.2 Å². The Bertz CT molecular complexity index is 753. The molecule has 1 aromatic heterocycles. The molecule has 2 aliphatic rings. The molecule has 1 aromatic carbocycles. The lowest BCUT2D eigenvalue weighted by Gasteiger charge is -2.34. The van der Waals surface area contributed by atoms with E-state index in [0.717, 1.165) is 42.3 Å². The molecular formula is C20H24BrN3O2. The first kappa shape index (κ1) is 17.7. The second kappa shape index (κ2) is 7.91. The Balaban J connectivity index is 1.44. The Kier molecular flexibility index (Phi) is 5.38. The summed E-state index contributed by atoms with van der Waals surface area (Å²) in [6.45, 7) is 1.57. The van der Waals surface area contributed by atoms with Gasteiger partial charge in [-0.2, -0.15) is 4.98 Å². The summed E-state index contributed by atoms with van der Waals surface area (Å²) in [5.41, 5.74) is 0.939. The van der Waals surface area contributed by atoms with E-state index in [1.54, 1.807) is 0 Å². The Morgan fingerprint density at radius 3 is 2.62 bits per heavy atom. The topological polar surface area (TPSA) is 59.2 Å². The van der Waals surface area contributed by atoms with Crippen molar-refractivity contribution in [2.75, 3.05) is 13.1 Å². The van der Waals surface area contributed by atoms with E-state index >= 15 is 0 Å². The lowest BCUT2D eigenvalue weighted by atomic mass is 9.87. The monoisotopic (exact) mass is 417 g/mol. The Labute approximate surface area is 162 Å². The minimum Gasteiger partial charge on any atom is -0.342 e. The zero-order valence-electron chi connectivity index (χ0n) is 14.9. The fourth-order valence-electron chi connectivity index (χ4n) is 4.10. The van der Waals surface area contributed by atoms with Gasteiger partial charge in [-0.25, -0.2) is 0 Å². The number of carbonyl (C=O) groups is 1. The molecular weight excluding hydrogens is 394 g/mol. The lowest BCUT2D eigenvalue weighted by molar-refractivity contribution is -0.137. The molecule has 6 heteroatoms. The van der Waals surface area contributed by atoms with Crippen molar-refractivity contribution in [2.24, 2.45) is 5.92 Å². The van der Waals surface area contributed by atoms with Crippen LogP contribution in [0.5, 0.6) is 0 Å². The summed E-state index contributed by atoms with van der Waals surface area (Å²) in [6, 6.07) is 7.88. The molecule has 0 radical (unpaired) electrons. The first-order valence-electron chi connectivity index (χ1n) is 9.59. The maximum atomic E-state index is 12.8. The van der Waals surface area contributed by atoms with Crippen LogP contribution >= 0.6 is 15.9 Å². The smallest absolute Gasteiger partial charge is 0.231 e. The predicted molar refractivity (Wildman–Crippen MR) is 103 cm³/mol. The third-order valence-electron chi connectivity index (χ3n) is 5.58. The summed E-state index contributed by atoms with van der Waals surface area (Å²) in [7, 11) is 0. The highest BCUT2D eigenvalue weighted by Crippen LogP contribution is 2.31. The van der Waals surface area contributed by atoms with Crippen LogP contribution in [-0.4, -0.2) is 34.0 Å². The van der Waals surface area contributed by atoms with Crippen molar-refractivity contribution < 1.29 is 9.32 Å². The standard InChI is InChI=1S/C20H24BrN3O2/c21-17-10-8-14(9-11-17)18-22-19(26-23-18)16-7-4-12-24(13-16)20(25)15-5-2-1-3-6-15/h8-11,15-16H,1-7,12-13H2. The fraction of sp³-hybridized carbons (Fsp3) is 0.550. The maximum absolute atomic E-state index is 12.8. The molecule has 1 aliphatic carbocycles. The molecule has 2 heterocycles. The van der Waals surface area contributed by atoms with Crippen LogP contribution in [0.15, 0.2) is 33.3 Å². The molecule has 1 aliphatic heterocycles. The summed E-state index contributed by atoms with van der Waals surface area (Å²) in [5, 5.41) is 4.15. The van der Waals surface area contributed by atoms with Crippen molar-refractivity contribution in [2.45, 2.75) is 50.9 Å². The minimum absolute atomic E-state index is 0.146. The number of hydrogen-bond acceptors (Lipinski definition) is 4. The van der Waals surface area contributed by atoms with Crippen LogP contribution in [0.3, 0.4) is 0 Å². The van der Waals surface area contributed by atoms with Crippen molar-refractivity contribution in [1.29, 1.82) is 0 Å². The Morgan fingerprint density at radius 2 is 1.85 bits per heavy atom. The summed E-state index contributed by atoms with van der Waals surface area (Å²) in [4.78, 5) is 19.5. The van der Waals surface area contributed by atoms with Crippen molar-refractivity contribution in [3.05, 3.63) is 34.6 Å². The van der Waals surface area contributed by atoms with Gasteiger partial charge in [-0.3, -0.25) is 4.79 Å². The van der Waals surface area contributed by atoms with Gasteiger partial charge < -0.3 is 9.42 Å². The molecule has 0 N–H and O–H groups in total. The van der Waals surface area contributed by atoms with E-state index in [9.17, 15) is 4.79 Å². The number of halogens is 1. The van der Waals surface area contributed by atoms with Crippen molar-refractivity contribution in [1.82, 2.24) is 15.0 Å². The number of benzene rings is 1. The molecule has 5 nitrogen and oxygen atoms in total. The number of rotatable bonds is 3. The largest absolute Gasteiger partial charge is 0.342 e. The van der Waals surface area contributed by atoms with Gasteiger partial charge in [-0.05, 0) is 49.9 Å². The van der Waals surface area contributed by atoms with Crippen molar-refractivity contribution >= 4 is 21.8 Å². The van der Waals surface area contributed by atoms with E-state index in [2.05, 4.69) is 26.1 Å².